The second-order valence-electron chi connectivity index (χ2n) is 7.14. The molecule has 0 aromatic heterocycles. The molecule has 2 rings (SSSR count). The predicted molar refractivity (Wildman–Crippen MR) is 121 cm³/mol. The Morgan fingerprint density at radius 1 is 1.23 bits per heavy atom. The van der Waals surface area contributed by atoms with E-state index < -0.39 is 0 Å². The van der Waals surface area contributed by atoms with Crippen LogP contribution in [0.2, 0.25) is 0 Å². The van der Waals surface area contributed by atoms with Gasteiger partial charge in [0.15, 0.2) is 5.96 Å². The maximum absolute atomic E-state index is 6.10. The Hall–Kier alpha value is -0.860. The number of halogens is 1. The van der Waals surface area contributed by atoms with E-state index in [1.165, 1.54) is 17.5 Å². The highest BCUT2D eigenvalue weighted by Gasteiger charge is 2.27. The average Bonchev–Trinajstić information content (AvgIpc) is 2.62. The van der Waals surface area contributed by atoms with Gasteiger partial charge in [0.2, 0.25) is 0 Å². The third kappa shape index (κ3) is 7.80. The number of hydrogen-bond donors (Lipinski definition) is 2. The Morgan fingerprint density at radius 2 is 1.96 bits per heavy atom. The minimum absolute atomic E-state index is 0. The topological polar surface area (TPSA) is 48.9 Å². The summed E-state index contributed by atoms with van der Waals surface area (Å²) in [6.45, 7) is 5.87. The van der Waals surface area contributed by atoms with Crippen LogP contribution >= 0.6 is 24.0 Å². The summed E-state index contributed by atoms with van der Waals surface area (Å²) in [5.74, 6) is 1.35. The van der Waals surface area contributed by atoms with Crippen LogP contribution in [0.4, 0.5) is 0 Å². The third-order valence-electron chi connectivity index (χ3n) is 4.68. The van der Waals surface area contributed by atoms with Crippen molar-refractivity contribution in [2.45, 2.75) is 32.3 Å². The number of hydrogen-bond acceptors (Lipinski definition) is 3. The molecule has 0 amide bonds. The number of aliphatic imine (C=N–C) groups is 1. The van der Waals surface area contributed by atoms with Gasteiger partial charge in [-0.15, -0.1) is 24.0 Å². The molecule has 148 valence electrons. The van der Waals surface area contributed by atoms with E-state index in [0.29, 0.717) is 5.92 Å². The Bertz CT molecular complexity index is 533. The summed E-state index contributed by atoms with van der Waals surface area (Å²) in [5, 5.41) is 6.88. The van der Waals surface area contributed by atoms with Gasteiger partial charge >= 0.3 is 0 Å². The minimum Gasteiger partial charge on any atom is -0.373 e. The van der Waals surface area contributed by atoms with Crippen molar-refractivity contribution < 1.29 is 4.74 Å². The van der Waals surface area contributed by atoms with Gasteiger partial charge in [-0.05, 0) is 52.4 Å². The summed E-state index contributed by atoms with van der Waals surface area (Å²) in [4.78, 5) is 6.54. The number of nitrogens with zero attached hydrogens (tertiary/aromatic N) is 2. The van der Waals surface area contributed by atoms with E-state index >= 15 is 0 Å². The molecular formula is C20H35IN4O. The maximum Gasteiger partial charge on any atom is 0.190 e. The van der Waals surface area contributed by atoms with E-state index in [9.17, 15) is 0 Å². The van der Waals surface area contributed by atoms with Gasteiger partial charge in [-0.25, -0.2) is 0 Å². The summed E-state index contributed by atoms with van der Waals surface area (Å²) in [7, 11) is 6.03. The van der Waals surface area contributed by atoms with Crippen molar-refractivity contribution in [3.05, 3.63) is 35.4 Å². The van der Waals surface area contributed by atoms with Crippen LogP contribution in [0.25, 0.3) is 0 Å². The molecule has 0 radical (unpaired) electrons. The molecule has 1 aromatic carbocycles. The molecular weight excluding hydrogens is 439 g/mol. The van der Waals surface area contributed by atoms with Crippen LogP contribution in [0.3, 0.4) is 0 Å². The first-order valence-electron chi connectivity index (χ1n) is 9.37. The van der Waals surface area contributed by atoms with E-state index in [1.807, 2.05) is 7.05 Å². The summed E-state index contributed by atoms with van der Waals surface area (Å²) in [6.07, 6.45) is 3.59. The SMILES string of the molecule is CN=C(NCCCN(C)C)NCC1CCCOC1c1ccc(C)cc1.I. The number of nitrogens with one attached hydrogen (secondary N) is 2. The molecule has 0 spiro atoms. The van der Waals surface area contributed by atoms with Crippen LogP contribution in [-0.4, -0.2) is 58.2 Å². The standard InChI is InChI=1S/C20H34N4O.HI/c1-16-8-10-17(11-9-16)19-18(7-5-14-25-19)15-23-20(21-2)22-12-6-13-24(3)4;/h8-11,18-19H,5-7,12-15H2,1-4H3,(H2,21,22,23);1H. The molecule has 26 heavy (non-hydrogen) atoms. The van der Waals surface area contributed by atoms with Gasteiger partial charge in [-0.1, -0.05) is 29.8 Å². The molecule has 2 N–H and O–H groups in total. The molecule has 1 fully saturated rings. The van der Waals surface area contributed by atoms with Gasteiger partial charge in [-0.3, -0.25) is 4.99 Å². The largest absolute Gasteiger partial charge is 0.373 e. The van der Waals surface area contributed by atoms with E-state index in [-0.39, 0.29) is 30.1 Å². The Kier molecular flexibility index (Phi) is 11.2. The quantitative estimate of drug-likeness (QED) is 0.276. The highest BCUT2D eigenvalue weighted by atomic mass is 127. The van der Waals surface area contributed by atoms with Gasteiger partial charge in [0.1, 0.15) is 0 Å². The van der Waals surface area contributed by atoms with Crippen molar-refractivity contribution in [2.75, 3.05) is 47.4 Å². The Balaban J connectivity index is 0.00000338. The van der Waals surface area contributed by atoms with Crippen LogP contribution in [0.1, 0.15) is 36.5 Å². The monoisotopic (exact) mass is 474 g/mol. The van der Waals surface area contributed by atoms with Crippen LogP contribution < -0.4 is 10.6 Å². The Labute approximate surface area is 176 Å². The van der Waals surface area contributed by atoms with Gasteiger partial charge < -0.3 is 20.3 Å². The first-order valence-corrected chi connectivity index (χ1v) is 9.37. The molecule has 0 aliphatic carbocycles. The Morgan fingerprint density at radius 3 is 2.62 bits per heavy atom. The van der Waals surface area contributed by atoms with Crippen molar-refractivity contribution in [3.63, 3.8) is 0 Å². The van der Waals surface area contributed by atoms with Crippen molar-refractivity contribution >= 4 is 29.9 Å². The highest BCUT2D eigenvalue weighted by molar-refractivity contribution is 14.0. The van der Waals surface area contributed by atoms with Crippen molar-refractivity contribution in [1.82, 2.24) is 15.5 Å². The van der Waals surface area contributed by atoms with E-state index in [2.05, 4.69) is 65.8 Å². The third-order valence-corrected chi connectivity index (χ3v) is 4.68. The zero-order chi connectivity index (χ0) is 18.1. The van der Waals surface area contributed by atoms with Crippen molar-refractivity contribution in [2.24, 2.45) is 10.9 Å². The molecule has 2 unspecified atom stereocenters. The van der Waals surface area contributed by atoms with E-state index in [0.717, 1.165) is 45.0 Å². The lowest BCUT2D eigenvalue weighted by Crippen LogP contribution is -2.42. The first-order chi connectivity index (χ1) is 12.1. The van der Waals surface area contributed by atoms with Crippen LogP contribution in [0.5, 0.6) is 0 Å². The average molecular weight is 474 g/mol. The fraction of sp³-hybridized carbons (Fsp3) is 0.650. The zero-order valence-corrected chi connectivity index (χ0v) is 19.0. The smallest absolute Gasteiger partial charge is 0.190 e. The summed E-state index contributed by atoms with van der Waals surface area (Å²) in [5.41, 5.74) is 2.57. The number of rotatable bonds is 7. The number of aryl methyl sites for hydroxylation is 1. The van der Waals surface area contributed by atoms with Gasteiger partial charge in [0.25, 0.3) is 0 Å². The predicted octanol–water partition coefficient (Wildman–Crippen LogP) is 3.20. The number of ether oxygens (including phenoxy) is 1. The summed E-state index contributed by atoms with van der Waals surface area (Å²) < 4.78 is 6.10. The van der Waals surface area contributed by atoms with Gasteiger partial charge in [-0.2, -0.15) is 0 Å². The molecule has 1 aliphatic heterocycles. The highest BCUT2D eigenvalue weighted by Crippen LogP contribution is 2.33. The second-order valence-corrected chi connectivity index (χ2v) is 7.14. The lowest BCUT2D eigenvalue weighted by molar-refractivity contribution is -0.0265. The molecule has 0 saturated carbocycles. The van der Waals surface area contributed by atoms with Gasteiger partial charge in [0.05, 0.1) is 6.10 Å². The molecule has 0 bridgehead atoms. The molecule has 1 saturated heterocycles. The van der Waals surface area contributed by atoms with Crippen molar-refractivity contribution in [1.29, 1.82) is 0 Å². The van der Waals surface area contributed by atoms with Crippen molar-refractivity contribution in [3.8, 4) is 0 Å². The van der Waals surface area contributed by atoms with Gasteiger partial charge in [0, 0.05) is 32.7 Å². The number of guanidine groups is 1. The number of benzene rings is 1. The van der Waals surface area contributed by atoms with E-state index in [1.54, 1.807) is 0 Å². The molecule has 6 heteroatoms. The maximum atomic E-state index is 6.10. The zero-order valence-electron chi connectivity index (χ0n) is 16.6. The lowest BCUT2D eigenvalue weighted by atomic mass is 9.89. The molecule has 1 heterocycles. The molecule has 2 atom stereocenters. The summed E-state index contributed by atoms with van der Waals surface area (Å²) in [6, 6.07) is 8.74. The fourth-order valence-electron chi connectivity index (χ4n) is 3.23. The fourth-order valence-corrected chi connectivity index (χ4v) is 3.23. The summed E-state index contributed by atoms with van der Waals surface area (Å²) >= 11 is 0. The second kappa shape index (κ2) is 12.5. The molecule has 1 aliphatic rings. The molecule has 1 aromatic rings. The molecule has 5 nitrogen and oxygen atoms in total. The van der Waals surface area contributed by atoms with Crippen LogP contribution in [0.15, 0.2) is 29.3 Å². The minimum atomic E-state index is 0. The van der Waals surface area contributed by atoms with E-state index in [4.69, 9.17) is 4.74 Å². The first kappa shape index (κ1) is 23.2. The van der Waals surface area contributed by atoms with Crippen LogP contribution in [-0.2, 0) is 4.74 Å². The van der Waals surface area contributed by atoms with Crippen LogP contribution in [0, 0.1) is 12.8 Å². The normalized spacial score (nSPS) is 20.6. The lowest BCUT2D eigenvalue weighted by Gasteiger charge is -2.32.